The van der Waals surface area contributed by atoms with Gasteiger partial charge in [0, 0.05) is 43.6 Å². The molecule has 1 heterocycles. The minimum absolute atomic E-state index is 0.0361. The maximum absolute atomic E-state index is 13.0. The highest BCUT2D eigenvalue weighted by Gasteiger charge is 2.23. The number of nitriles is 1. The summed E-state index contributed by atoms with van der Waals surface area (Å²) in [6.07, 6.45) is 4.83. The van der Waals surface area contributed by atoms with E-state index in [-0.39, 0.29) is 17.1 Å². The van der Waals surface area contributed by atoms with Crippen molar-refractivity contribution in [1.82, 2.24) is 0 Å². The van der Waals surface area contributed by atoms with E-state index >= 15 is 0 Å². The third-order valence-electron chi connectivity index (χ3n) is 3.73. The fourth-order valence-corrected chi connectivity index (χ4v) is 2.26. The lowest BCUT2D eigenvalue weighted by atomic mass is 10.1. The number of aromatic nitrogens is 1. The van der Waals surface area contributed by atoms with Crippen LogP contribution in [0.2, 0.25) is 0 Å². The molecule has 130 valence electrons. The molecule has 0 unspecified atom stereocenters. The zero-order chi connectivity index (χ0) is 19.1. The molecule has 0 fully saturated rings. The van der Waals surface area contributed by atoms with Crippen LogP contribution in [0.3, 0.4) is 0 Å². The predicted molar refractivity (Wildman–Crippen MR) is 99.4 cm³/mol. The number of rotatable bonds is 6. The molecule has 1 N–H and O–H groups in total. The van der Waals surface area contributed by atoms with Crippen LogP contribution in [0, 0.1) is 16.7 Å². The van der Waals surface area contributed by atoms with Crippen molar-refractivity contribution in [3.8, 4) is 11.8 Å². The summed E-state index contributed by atoms with van der Waals surface area (Å²) in [5, 5.41) is 16.3. The molecule has 0 aliphatic heterocycles. The summed E-state index contributed by atoms with van der Waals surface area (Å²) in [4.78, 5) is 14.9. The van der Waals surface area contributed by atoms with Gasteiger partial charge in [-0.25, -0.2) is 0 Å². The molecular formula is C20H19N4O2+. The van der Waals surface area contributed by atoms with E-state index in [2.05, 4.69) is 0 Å². The number of nitrogens with zero attached hydrogens (tertiary/aromatic N) is 3. The molecule has 2 rings (SSSR count). The molecule has 1 aromatic carbocycles. The van der Waals surface area contributed by atoms with Crippen molar-refractivity contribution in [3.63, 3.8) is 0 Å². The highest BCUT2D eigenvalue weighted by molar-refractivity contribution is 6.22. The van der Waals surface area contributed by atoms with Crippen LogP contribution >= 0.6 is 0 Å². The molecule has 0 spiro atoms. The van der Waals surface area contributed by atoms with Crippen LogP contribution in [-0.2, 0) is 0 Å². The Balaban J connectivity index is 2.51. The topological polar surface area (TPSA) is 81.1 Å². The molecule has 0 amide bonds. The minimum atomic E-state index is -0.279. The van der Waals surface area contributed by atoms with Crippen molar-refractivity contribution < 1.29 is 14.1 Å². The number of methoxy groups -OCH3 is 1. The zero-order valence-corrected chi connectivity index (χ0v) is 14.9. The summed E-state index contributed by atoms with van der Waals surface area (Å²) in [6, 6.07) is 12.3. The molecule has 26 heavy (non-hydrogen) atoms. The standard InChI is InChI=1S/C20H19N4O2/c1-23(2)17-8-10-24(11-9-17)19(12-15(13-21)14-22)20(25)16-4-6-18(26-3)7-5-16/h4-12,21H,1-3H3/q+1. The largest absolute Gasteiger partial charge is 0.497 e. The first-order chi connectivity index (χ1) is 12.5. The Bertz CT molecular complexity index is 914. The maximum atomic E-state index is 13.0. The number of carbonyl (C=O) groups is 1. The van der Waals surface area contributed by atoms with E-state index < -0.39 is 0 Å². The summed E-state index contributed by atoms with van der Waals surface area (Å²) in [7, 11) is 5.40. The molecule has 1 aromatic heterocycles. The van der Waals surface area contributed by atoms with Crippen molar-refractivity contribution in [2.75, 3.05) is 26.1 Å². The molecule has 6 heteroatoms. The van der Waals surface area contributed by atoms with Crippen LogP contribution in [-0.4, -0.2) is 32.9 Å². The Kier molecular flexibility index (Phi) is 6.05. The second-order valence-corrected chi connectivity index (χ2v) is 5.60. The van der Waals surface area contributed by atoms with Gasteiger partial charge in [0.25, 0.3) is 11.5 Å². The number of Topliss-reactive ketones (excluding diaryl/α,β-unsaturated/α-hetero) is 1. The van der Waals surface area contributed by atoms with Crippen LogP contribution in [0.25, 0.3) is 5.70 Å². The Morgan fingerprint density at radius 3 is 2.27 bits per heavy atom. The van der Waals surface area contributed by atoms with Gasteiger partial charge >= 0.3 is 0 Å². The van der Waals surface area contributed by atoms with Gasteiger partial charge in [0.05, 0.1) is 7.11 Å². The van der Waals surface area contributed by atoms with Gasteiger partial charge in [-0.15, -0.1) is 0 Å². The van der Waals surface area contributed by atoms with Gasteiger partial charge < -0.3 is 9.64 Å². The van der Waals surface area contributed by atoms with Gasteiger partial charge in [-0.05, 0) is 30.1 Å². The summed E-state index contributed by atoms with van der Waals surface area (Å²) in [5.74, 6) is 2.41. The van der Waals surface area contributed by atoms with E-state index in [9.17, 15) is 4.79 Å². The lowest BCUT2D eigenvalue weighted by Crippen LogP contribution is -2.36. The normalized spacial score (nSPS) is 10.5. The number of benzene rings is 1. The number of carbonyl (C=O) groups excluding carboxylic acids is 1. The number of pyridine rings is 1. The minimum Gasteiger partial charge on any atom is -0.497 e. The van der Waals surface area contributed by atoms with Crippen LogP contribution in [0.1, 0.15) is 10.4 Å². The Labute approximate surface area is 152 Å². The van der Waals surface area contributed by atoms with Gasteiger partial charge in [-0.2, -0.15) is 9.83 Å². The molecule has 0 aliphatic rings. The van der Waals surface area contributed by atoms with Gasteiger partial charge in [0.2, 0.25) is 0 Å². The average Bonchev–Trinajstić information content (AvgIpc) is 2.68. The fraction of sp³-hybridized carbons (Fsp3) is 0.150. The van der Waals surface area contributed by atoms with E-state index in [1.54, 1.807) is 48.3 Å². The Morgan fingerprint density at radius 1 is 1.19 bits per heavy atom. The predicted octanol–water partition coefficient (Wildman–Crippen LogP) is 2.47. The fourth-order valence-electron chi connectivity index (χ4n) is 2.26. The van der Waals surface area contributed by atoms with Crippen molar-refractivity contribution in [2.24, 2.45) is 0 Å². The van der Waals surface area contributed by atoms with Gasteiger partial charge in [-0.1, -0.05) is 0 Å². The Hall–Kier alpha value is -3.68. The van der Waals surface area contributed by atoms with E-state index in [4.69, 9.17) is 15.4 Å². The highest BCUT2D eigenvalue weighted by Crippen LogP contribution is 2.16. The molecule has 0 atom stereocenters. The number of hydrogen-bond donors (Lipinski definition) is 1. The van der Waals surface area contributed by atoms with Gasteiger partial charge in [0.15, 0.2) is 12.4 Å². The molecule has 2 aromatic rings. The van der Waals surface area contributed by atoms with Crippen molar-refractivity contribution in [2.45, 2.75) is 0 Å². The van der Waals surface area contributed by atoms with Gasteiger partial charge in [0.1, 0.15) is 17.4 Å². The second kappa shape index (κ2) is 8.43. The van der Waals surface area contributed by atoms with E-state index in [1.165, 1.54) is 6.08 Å². The molecule has 0 saturated carbocycles. The van der Waals surface area contributed by atoms with Crippen molar-refractivity contribution in [3.05, 3.63) is 66.0 Å². The molecule has 0 aliphatic carbocycles. The maximum Gasteiger partial charge on any atom is 0.260 e. The number of anilines is 1. The lowest BCUT2D eigenvalue weighted by Gasteiger charge is -2.10. The zero-order valence-electron chi connectivity index (χ0n) is 14.9. The molecule has 6 nitrogen and oxygen atoms in total. The molecule has 0 bridgehead atoms. The number of ether oxygens (including phenoxy) is 1. The number of ketones is 1. The third-order valence-corrected chi connectivity index (χ3v) is 3.73. The third kappa shape index (κ3) is 4.23. The Morgan fingerprint density at radius 2 is 1.81 bits per heavy atom. The first-order valence-corrected chi connectivity index (χ1v) is 7.79. The summed E-state index contributed by atoms with van der Waals surface area (Å²) >= 11 is 0. The van der Waals surface area contributed by atoms with E-state index in [0.717, 1.165) is 5.69 Å². The molecule has 0 radical (unpaired) electrons. The molecular weight excluding hydrogens is 328 g/mol. The summed E-state index contributed by atoms with van der Waals surface area (Å²) < 4.78 is 6.73. The summed E-state index contributed by atoms with van der Waals surface area (Å²) in [5.41, 5.74) is 1.63. The van der Waals surface area contributed by atoms with Crippen LogP contribution in [0.4, 0.5) is 5.69 Å². The van der Waals surface area contributed by atoms with Gasteiger partial charge in [-0.3, -0.25) is 10.2 Å². The van der Waals surface area contributed by atoms with Crippen LogP contribution in [0.5, 0.6) is 5.75 Å². The lowest BCUT2D eigenvalue weighted by molar-refractivity contribution is -0.576. The average molecular weight is 347 g/mol. The first-order valence-electron chi connectivity index (χ1n) is 7.79. The van der Waals surface area contributed by atoms with Crippen molar-refractivity contribution in [1.29, 1.82) is 10.7 Å². The quantitative estimate of drug-likeness (QED) is 0.217. The smallest absolute Gasteiger partial charge is 0.260 e. The number of nitrogens with one attached hydrogen (secondary N) is 1. The SMILES string of the molecule is COc1ccc(C(=O)C(=CC(=C=N)C#N)[n+]2ccc(N(C)C)cc2)cc1. The van der Waals surface area contributed by atoms with E-state index in [1.807, 2.05) is 43.1 Å². The highest BCUT2D eigenvalue weighted by atomic mass is 16.5. The molecule has 0 saturated heterocycles. The monoisotopic (exact) mass is 347 g/mol. The first kappa shape index (κ1) is 18.7. The van der Waals surface area contributed by atoms with E-state index in [0.29, 0.717) is 11.3 Å². The number of hydrogen-bond acceptors (Lipinski definition) is 5. The second-order valence-electron chi connectivity index (χ2n) is 5.60. The van der Waals surface area contributed by atoms with Crippen LogP contribution < -0.4 is 14.2 Å². The van der Waals surface area contributed by atoms with Crippen molar-refractivity contribution >= 4 is 23.0 Å². The summed E-state index contributed by atoms with van der Waals surface area (Å²) in [6.45, 7) is 0. The van der Waals surface area contributed by atoms with Crippen LogP contribution in [0.15, 0.2) is 60.4 Å². The number of allylic oxidation sites excluding steroid dienone is 3.